The van der Waals surface area contributed by atoms with Crippen molar-refractivity contribution >= 4 is 11.5 Å². The Morgan fingerprint density at radius 1 is 1.04 bits per heavy atom. The number of anilines is 1. The first kappa shape index (κ1) is 20.7. The Morgan fingerprint density at radius 2 is 1.71 bits per heavy atom. The number of β-amino-alcohol motifs (C(OH)–C–C–N with tert-alkyl or cyclic N) is 1. The molecule has 0 bridgehead atoms. The van der Waals surface area contributed by atoms with E-state index in [0.717, 1.165) is 48.6 Å². The normalized spacial score (nSPS) is 21.2. The first-order valence-corrected chi connectivity index (χ1v) is 9.66. The van der Waals surface area contributed by atoms with Gasteiger partial charge in [0.1, 0.15) is 17.2 Å². The molecule has 28 heavy (non-hydrogen) atoms. The van der Waals surface area contributed by atoms with Crippen LogP contribution in [-0.2, 0) is 5.72 Å². The molecule has 150 valence electrons. The van der Waals surface area contributed by atoms with Gasteiger partial charge < -0.3 is 31.6 Å². The van der Waals surface area contributed by atoms with Crippen LogP contribution >= 0.6 is 0 Å². The molecule has 1 unspecified atom stereocenters. The molecule has 4 rings (SSSR count). The first-order chi connectivity index (χ1) is 13.2. The number of methoxy groups -OCH3 is 1. The smallest absolute Gasteiger partial charge is 0.271 e. The number of hydrogen-bond donors (Lipinski definition) is 1. The van der Waals surface area contributed by atoms with E-state index in [4.69, 9.17) is 9.47 Å². The van der Waals surface area contributed by atoms with Crippen LogP contribution in [0.4, 0.5) is 5.69 Å². The molecule has 1 N–H and O–H groups in total. The molecule has 2 aromatic rings. The van der Waals surface area contributed by atoms with Gasteiger partial charge in [0.2, 0.25) is 0 Å². The van der Waals surface area contributed by atoms with Crippen LogP contribution in [0.5, 0.6) is 11.5 Å². The van der Waals surface area contributed by atoms with Gasteiger partial charge in [0.15, 0.2) is 6.54 Å². The number of benzene rings is 2. The van der Waals surface area contributed by atoms with Crippen LogP contribution in [0, 0.1) is 0 Å². The van der Waals surface area contributed by atoms with E-state index < -0.39 is 5.72 Å². The molecule has 2 heterocycles. The molecular formula is C22H27BrN2O3. The second-order valence-electron chi connectivity index (χ2n) is 7.08. The Hall–Kier alpha value is -2.05. The van der Waals surface area contributed by atoms with Crippen LogP contribution in [0.1, 0.15) is 31.7 Å². The topological polar surface area (TPSA) is 44.9 Å². The van der Waals surface area contributed by atoms with Crippen molar-refractivity contribution in [2.45, 2.75) is 31.9 Å². The fourth-order valence-corrected chi connectivity index (χ4v) is 4.13. The van der Waals surface area contributed by atoms with Gasteiger partial charge in [-0.3, -0.25) is 0 Å². The maximum atomic E-state index is 11.7. The molecule has 0 fully saturated rings. The van der Waals surface area contributed by atoms with E-state index in [1.54, 1.807) is 7.11 Å². The number of rotatable bonds is 5. The van der Waals surface area contributed by atoms with Gasteiger partial charge in [0, 0.05) is 12.0 Å². The summed E-state index contributed by atoms with van der Waals surface area (Å²) in [5.74, 6) is 2.87. The fourth-order valence-electron chi connectivity index (χ4n) is 4.13. The molecule has 0 spiro atoms. The molecule has 0 radical (unpaired) electrons. The minimum Gasteiger partial charge on any atom is -1.00 e. The van der Waals surface area contributed by atoms with Crippen LogP contribution in [-0.4, -0.2) is 42.3 Å². The molecule has 0 aliphatic carbocycles. The Balaban J connectivity index is 0.00000225. The summed E-state index contributed by atoms with van der Waals surface area (Å²) in [5, 5.41) is 11.7. The molecule has 1 atom stereocenters. The van der Waals surface area contributed by atoms with E-state index in [0.29, 0.717) is 13.2 Å². The summed E-state index contributed by atoms with van der Waals surface area (Å²) in [7, 11) is 1.67. The zero-order valence-electron chi connectivity index (χ0n) is 16.4. The number of hydrogen-bond acceptors (Lipinski definition) is 4. The van der Waals surface area contributed by atoms with Crippen molar-refractivity contribution in [3.8, 4) is 11.5 Å². The summed E-state index contributed by atoms with van der Waals surface area (Å²) >= 11 is 0. The van der Waals surface area contributed by atoms with Gasteiger partial charge in [-0.1, -0.05) is 0 Å². The number of halogens is 1. The van der Waals surface area contributed by atoms with E-state index in [1.807, 2.05) is 43.3 Å². The zero-order chi connectivity index (χ0) is 18.9. The van der Waals surface area contributed by atoms with E-state index >= 15 is 0 Å². The van der Waals surface area contributed by atoms with Crippen LogP contribution in [0.15, 0.2) is 48.5 Å². The van der Waals surface area contributed by atoms with Crippen molar-refractivity contribution in [2.75, 3.05) is 31.7 Å². The molecule has 2 aromatic carbocycles. The van der Waals surface area contributed by atoms with Gasteiger partial charge in [-0.15, -0.1) is 0 Å². The third kappa shape index (κ3) is 3.63. The van der Waals surface area contributed by atoms with Gasteiger partial charge in [0.25, 0.3) is 11.6 Å². The van der Waals surface area contributed by atoms with E-state index in [9.17, 15) is 5.11 Å². The molecule has 0 saturated carbocycles. The molecule has 0 aromatic heterocycles. The average molecular weight is 447 g/mol. The molecule has 6 heteroatoms. The molecule has 5 nitrogen and oxygen atoms in total. The number of amidine groups is 1. The van der Waals surface area contributed by atoms with Crippen molar-refractivity contribution in [3.05, 3.63) is 54.1 Å². The highest BCUT2D eigenvalue weighted by Gasteiger charge is 2.52. The van der Waals surface area contributed by atoms with Gasteiger partial charge in [-0.2, -0.15) is 0 Å². The SMILES string of the molecule is CCOc1ccc(C2(O)CN(c3ccc(OC)cc3)C3=[N+]2CCCC3)cc1.[Br-]. The van der Waals surface area contributed by atoms with Crippen LogP contribution in [0.2, 0.25) is 0 Å². The Bertz CT molecular complexity index is 836. The first-order valence-electron chi connectivity index (χ1n) is 9.66. The predicted molar refractivity (Wildman–Crippen MR) is 106 cm³/mol. The van der Waals surface area contributed by atoms with Crippen LogP contribution < -0.4 is 31.4 Å². The highest BCUT2D eigenvalue weighted by atomic mass is 79.9. The maximum Gasteiger partial charge on any atom is 0.271 e. The Kier molecular flexibility index (Phi) is 6.30. The Morgan fingerprint density at radius 3 is 2.36 bits per heavy atom. The lowest BCUT2D eigenvalue weighted by Crippen LogP contribution is -3.00. The lowest BCUT2D eigenvalue weighted by molar-refractivity contribution is -0.661. The summed E-state index contributed by atoms with van der Waals surface area (Å²) in [6, 6.07) is 15.9. The lowest BCUT2D eigenvalue weighted by atomic mass is 10.0. The van der Waals surface area contributed by atoms with E-state index in [1.165, 1.54) is 5.84 Å². The quantitative estimate of drug-likeness (QED) is 0.673. The highest BCUT2D eigenvalue weighted by Crippen LogP contribution is 2.36. The van der Waals surface area contributed by atoms with Gasteiger partial charge in [0.05, 0.1) is 20.3 Å². The average Bonchev–Trinajstić information content (AvgIpc) is 3.03. The number of aliphatic hydroxyl groups is 1. The third-order valence-electron chi connectivity index (χ3n) is 5.49. The summed E-state index contributed by atoms with van der Waals surface area (Å²) in [6.07, 6.45) is 3.22. The monoisotopic (exact) mass is 446 g/mol. The summed E-state index contributed by atoms with van der Waals surface area (Å²) in [5.41, 5.74) is 0.960. The molecular weight excluding hydrogens is 420 g/mol. The fraction of sp³-hybridized carbons (Fsp3) is 0.409. The van der Waals surface area contributed by atoms with Gasteiger partial charge >= 0.3 is 0 Å². The van der Waals surface area contributed by atoms with Crippen molar-refractivity contribution in [1.29, 1.82) is 0 Å². The van der Waals surface area contributed by atoms with Crippen LogP contribution in [0.25, 0.3) is 0 Å². The minimum atomic E-state index is -1.03. The maximum absolute atomic E-state index is 11.7. The van der Waals surface area contributed by atoms with Crippen molar-refractivity contribution in [1.82, 2.24) is 0 Å². The Labute approximate surface area is 177 Å². The van der Waals surface area contributed by atoms with E-state index in [2.05, 4.69) is 21.6 Å². The molecule has 0 amide bonds. The van der Waals surface area contributed by atoms with Gasteiger partial charge in [-0.05, 0) is 68.3 Å². The summed E-state index contributed by atoms with van der Waals surface area (Å²) < 4.78 is 13.0. The second-order valence-corrected chi connectivity index (χ2v) is 7.08. The third-order valence-corrected chi connectivity index (χ3v) is 5.49. The predicted octanol–water partition coefficient (Wildman–Crippen LogP) is 0.358. The second kappa shape index (κ2) is 8.53. The highest BCUT2D eigenvalue weighted by molar-refractivity contribution is 5.96. The van der Waals surface area contributed by atoms with Crippen LogP contribution in [0.3, 0.4) is 0 Å². The zero-order valence-corrected chi connectivity index (χ0v) is 18.0. The summed E-state index contributed by atoms with van der Waals surface area (Å²) in [6.45, 7) is 3.99. The minimum absolute atomic E-state index is 0. The standard InChI is InChI=1S/C22H27N2O3.BrH/c1-3-27-20-11-7-17(8-12-20)22(25)16-23(21-6-4-5-15-24(21)22)18-9-13-19(26-2)14-10-18;/h7-14,25H,3-6,15-16H2,1-2H3;1H/q+1;/p-1. The molecule has 2 aliphatic rings. The number of ether oxygens (including phenoxy) is 2. The van der Waals surface area contributed by atoms with Crippen molar-refractivity contribution < 1.29 is 36.1 Å². The van der Waals surface area contributed by atoms with E-state index in [-0.39, 0.29) is 17.0 Å². The van der Waals surface area contributed by atoms with Crippen molar-refractivity contribution in [3.63, 3.8) is 0 Å². The molecule has 0 saturated heterocycles. The molecule has 2 aliphatic heterocycles. The lowest BCUT2D eigenvalue weighted by Gasteiger charge is -2.24. The number of nitrogens with zero attached hydrogens (tertiary/aromatic N) is 2. The van der Waals surface area contributed by atoms with Gasteiger partial charge in [-0.25, -0.2) is 9.48 Å². The largest absolute Gasteiger partial charge is 1.00 e. The summed E-state index contributed by atoms with van der Waals surface area (Å²) in [4.78, 5) is 2.25. The van der Waals surface area contributed by atoms with Crippen molar-refractivity contribution in [2.24, 2.45) is 0 Å².